The highest BCUT2D eigenvalue weighted by atomic mass is 79.9. The lowest BCUT2D eigenvalue weighted by Gasteiger charge is -2.24. The van der Waals surface area contributed by atoms with Crippen molar-refractivity contribution in [1.82, 2.24) is 10.2 Å². The molecule has 3 amide bonds. The minimum absolute atomic E-state index is 0.0234. The molecule has 1 aliphatic rings. The van der Waals surface area contributed by atoms with Gasteiger partial charge in [-0.25, -0.2) is 0 Å². The second-order valence-corrected chi connectivity index (χ2v) is 7.77. The molecule has 7 heteroatoms. The fourth-order valence-corrected chi connectivity index (χ4v) is 3.31. The summed E-state index contributed by atoms with van der Waals surface area (Å²) in [5.41, 5.74) is 1.83. The second kappa shape index (κ2) is 8.66. The summed E-state index contributed by atoms with van der Waals surface area (Å²) in [6.07, 6.45) is 0.177. The minimum atomic E-state index is -0.418. The summed E-state index contributed by atoms with van der Waals surface area (Å²) in [5, 5.41) is 2.79. The van der Waals surface area contributed by atoms with E-state index in [4.69, 9.17) is 0 Å². The number of rotatable bonds is 6. The van der Waals surface area contributed by atoms with Gasteiger partial charge in [0.15, 0.2) is 0 Å². The van der Waals surface area contributed by atoms with Crippen LogP contribution in [0.1, 0.15) is 32.8 Å². The van der Waals surface area contributed by atoms with Gasteiger partial charge in [-0.15, -0.1) is 0 Å². The Bertz CT molecular complexity index is 705. The molecule has 1 aliphatic heterocycles. The Labute approximate surface area is 163 Å². The number of hydrogen-bond donors (Lipinski definition) is 1. The van der Waals surface area contributed by atoms with Gasteiger partial charge in [-0.2, -0.15) is 0 Å². The molecule has 1 heterocycles. The van der Waals surface area contributed by atoms with E-state index < -0.39 is 5.92 Å². The normalized spacial score (nSPS) is 16.9. The maximum atomic E-state index is 12.8. The fraction of sp³-hybridized carbons (Fsp3) is 0.526. The monoisotopic (exact) mass is 423 g/mol. The molecule has 1 aromatic carbocycles. The van der Waals surface area contributed by atoms with Gasteiger partial charge < -0.3 is 15.1 Å². The first-order valence-electron chi connectivity index (χ1n) is 8.87. The molecule has 0 spiro atoms. The Hall–Kier alpha value is -1.89. The van der Waals surface area contributed by atoms with Gasteiger partial charge in [0, 0.05) is 35.7 Å². The van der Waals surface area contributed by atoms with Crippen molar-refractivity contribution in [3.63, 3.8) is 0 Å². The van der Waals surface area contributed by atoms with E-state index in [9.17, 15) is 14.4 Å². The highest BCUT2D eigenvalue weighted by Gasteiger charge is 2.37. The van der Waals surface area contributed by atoms with Crippen LogP contribution in [0.2, 0.25) is 0 Å². The first kappa shape index (κ1) is 20.4. The first-order chi connectivity index (χ1) is 12.2. The molecule has 0 bridgehead atoms. The van der Waals surface area contributed by atoms with Gasteiger partial charge in [-0.05, 0) is 51.5 Å². The van der Waals surface area contributed by atoms with Gasteiger partial charge in [0.2, 0.25) is 17.7 Å². The van der Waals surface area contributed by atoms with Crippen LogP contribution < -0.4 is 10.2 Å². The number of hydrogen-bond acceptors (Lipinski definition) is 3. The van der Waals surface area contributed by atoms with Crippen LogP contribution in [-0.2, 0) is 14.4 Å². The zero-order chi connectivity index (χ0) is 19.4. The van der Waals surface area contributed by atoms with E-state index in [0.29, 0.717) is 13.1 Å². The second-order valence-electron chi connectivity index (χ2n) is 6.91. The third-order valence-electron chi connectivity index (χ3n) is 4.41. The van der Waals surface area contributed by atoms with Crippen molar-refractivity contribution in [3.05, 3.63) is 28.2 Å². The van der Waals surface area contributed by atoms with Crippen molar-refractivity contribution < 1.29 is 14.4 Å². The van der Waals surface area contributed by atoms with Gasteiger partial charge in [-0.3, -0.25) is 14.4 Å². The number of benzene rings is 1. The van der Waals surface area contributed by atoms with E-state index >= 15 is 0 Å². The lowest BCUT2D eigenvalue weighted by atomic mass is 10.1. The summed E-state index contributed by atoms with van der Waals surface area (Å²) < 4.78 is 0.980. The Kier molecular flexibility index (Phi) is 6.81. The quantitative estimate of drug-likeness (QED) is 0.763. The maximum Gasteiger partial charge on any atom is 0.239 e. The molecule has 26 heavy (non-hydrogen) atoms. The summed E-state index contributed by atoms with van der Waals surface area (Å²) in [6, 6.07) is 5.74. The molecule has 6 nitrogen and oxygen atoms in total. The summed E-state index contributed by atoms with van der Waals surface area (Å²) in [6.45, 7) is 8.37. The van der Waals surface area contributed by atoms with E-state index in [1.165, 1.54) is 4.90 Å². The summed E-state index contributed by atoms with van der Waals surface area (Å²) in [5.74, 6) is -0.804. The van der Waals surface area contributed by atoms with Crippen LogP contribution in [-0.4, -0.2) is 48.3 Å². The third-order valence-corrected chi connectivity index (χ3v) is 5.29. The summed E-state index contributed by atoms with van der Waals surface area (Å²) in [7, 11) is 0. The van der Waals surface area contributed by atoms with E-state index in [-0.39, 0.29) is 36.7 Å². The molecular formula is C19H26BrN3O3. The largest absolute Gasteiger partial charge is 0.352 e. The molecular weight excluding hydrogens is 398 g/mol. The molecule has 0 saturated carbocycles. The van der Waals surface area contributed by atoms with Crippen LogP contribution in [0.3, 0.4) is 0 Å². The van der Waals surface area contributed by atoms with Crippen molar-refractivity contribution >= 4 is 39.3 Å². The number of nitrogens with one attached hydrogen (secondary N) is 1. The predicted octanol–water partition coefficient (Wildman–Crippen LogP) is 2.48. The lowest BCUT2D eigenvalue weighted by Crippen LogP contribution is -2.45. The fourth-order valence-electron chi connectivity index (χ4n) is 3.06. The van der Waals surface area contributed by atoms with Crippen LogP contribution in [0.25, 0.3) is 0 Å². The Morgan fingerprint density at radius 2 is 2.08 bits per heavy atom. The number of carbonyl (C=O) groups excluding carboxylic acids is 3. The topological polar surface area (TPSA) is 69.7 Å². The van der Waals surface area contributed by atoms with Crippen molar-refractivity contribution in [1.29, 1.82) is 0 Å². The third kappa shape index (κ3) is 4.84. The molecule has 0 aromatic heterocycles. The molecule has 2 rings (SSSR count). The molecule has 1 unspecified atom stereocenters. The van der Waals surface area contributed by atoms with E-state index in [2.05, 4.69) is 21.2 Å². The smallest absolute Gasteiger partial charge is 0.239 e. The van der Waals surface area contributed by atoms with Crippen LogP contribution in [0, 0.1) is 12.8 Å². The van der Waals surface area contributed by atoms with Gasteiger partial charge >= 0.3 is 0 Å². The van der Waals surface area contributed by atoms with E-state index in [1.807, 2.05) is 45.9 Å². The number of carbonyl (C=O) groups is 3. The molecule has 1 fully saturated rings. The SMILES string of the molecule is CCN(CC(=O)NC(C)C)C(=O)C1CC(=O)N(c2ccc(Br)c(C)c2)C1. The maximum absolute atomic E-state index is 12.8. The molecule has 1 aromatic rings. The van der Waals surface area contributed by atoms with Gasteiger partial charge in [-0.1, -0.05) is 15.9 Å². The number of nitrogens with zero attached hydrogens (tertiary/aromatic N) is 2. The van der Waals surface area contributed by atoms with Crippen LogP contribution >= 0.6 is 15.9 Å². The molecule has 142 valence electrons. The van der Waals surface area contributed by atoms with Gasteiger partial charge in [0.1, 0.15) is 0 Å². The number of halogens is 1. The zero-order valence-electron chi connectivity index (χ0n) is 15.7. The Morgan fingerprint density at radius 3 is 2.65 bits per heavy atom. The zero-order valence-corrected chi connectivity index (χ0v) is 17.3. The highest BCUT2D eigenvalue weighted by molar-refractivity contribution is 9.10. The molecule has 1 saturated heterocycles. The molecule has 1 N–H and O–H groups in total. The van der Waals surface area contributed by atoms with Crippen LogP contribution in [0.15, 0.2) is 22.7 Å². The standard InChI is InChI=1S/C19H26BrN3O3/c1-5-22(11-17(24)21-12(2)3)19(26)14-9-18(25)23(10-14)15-6-7-16(20)13(4)8-15/h6-8,12,14H,5,9-11H2,1-4H3,(H,21,24). The number of amides is 3. The minimum Gasteiger partial charge on any atom is -0.352 e. The summed E-state index contributed by atoms with van der Waals surface area (Å²) >= 11 is 3.45. The number of aryl methyl sites for hydroxylation is 1. The van der Waals surface area contributed by atoms with Crippen molar-refractivity contribution in [2.24, 2.45) is 5.92 Å². The van der Waals surface area contributed by atoms with Crippen molar-refractivity contribution in [2.45, 2.75) is 40.2 Å². The van der Waals surface area contributed by atoms with Crippen LogP contribution in [0.4, 0.5) is 5.69 Å². The summed E-state index contributed by atoms with van der Waals surface area (Å²) in [4.78, 5) is 40.4. The number of anilines is 1. The lowest BCUT2D eigenvalue weighted by molar-refractivity contribution is -0.139. The van der Waals surface area contributed by atoms with Crippen molar-refractivity contribution in [2.75, 3.05) is 24.5 Å². The van der Waals surface area contributed by atoms with Gasteiger partial charge in [0.05, 0.1) is 12.5 Å². The molecule has 1 atom stereocenters. The predicted molar refractivity (Wildman–Crippen MR) is 105 cm³/mol. The Balaban J connectivity index is 2.06. The van der Waals surface area contributed by atoms with Gasteiger partial charge in [0.25, 0.3) is 0 Å². The first-order valence-corrected chi connectivity index (χ1v) is 9.66. The Morgan fingerprint density at radius 1 is 1.38 bits per heavy atom. The van der Waals surface area contributed by atoms with Crippen molar-refractivity contribution in [3.8, 4) is 0 Å². The van der Waals surface area contributed by atoms with E-state index in [1.54, 1.807) is 4.90 Å². The highest BCUT2D eigenvalue weighted by Crippen LogP contribution is 2.29. The molecule has 0 aliphatic carbocycles. The van der Waals surface area contributed by atoms with Crippen LogP contribution in [0.5, 0.6) is 0 Å². The molecule has 0 radical (unpaired) electrons. The number of likely N-dealkylation sites (N-methyl/N-ethyl adjacent to an activating group) is 1. The average molecular weight is 424 g/mol. The average Bonchev–Trinajstić information content (AvgIpc) is 2.95. The van der Waals surface area contributed by atoms with E-state index in [0.717, 1.165) is 15.7 Å².